The van der Waals surface area contributed by atoms with Gasteiger partial charge in [0.25, 0.3) is 0 Å². The highest BCUT2D eigenvalue weighted by atomic mass is 19.4. The van der Waals surface area contributed by atoms with Gasteiger partial charge in [0.2, 0.25) is 6.19 Å². The SMILES string of the molecule is N#C/C=C1\c2cc(-c3ccc(C(F)(F)F)cc3F)ccc2-c2nc3c(nc21)-c1ccc(-c2ccc(C(F)(F)F)cc2F)cc1C3=NC#N. The van der Waals surface area contributed by atoms with Crippen LogP contribution in [0.1, 0.15) is 33.6 Å². The number of alkyl halides is 6. The lowest BCUT2D eigenvalue weighted by Crippen LogP contribution is -2.05. The Labute approximate surface area is 265 Å². The molecule has 2 aliphatic rings. The van der Waals surface area contributed by atoms with E-state index in [2.05, 4.69) is 4.99 Å². The Morgan fingerprint density at radius 2 is 1.04 bits per heavy atom. The lowest BCUT2D eigenvalue weighted by molar-refractivity contribution is -0.138. The van der Waals surface area contributed by atoms with Crippen LogP contribution >= 0.6 is 0 Å². The Morgan fingerprint density at radius 3 is 1.54 bits per heavy atom. The zero-order valence-corrected chi connectivity index (χ0v) is 23.8. The summed E-state index contributed by atoms with van der Waals surface area (Å²) in [5.74, 6) is -2.20. The number of rotatable bonds is 2. The third-order valence-corrected chi connectivity index (χ3v) is 8.06. The largest absolute Gasteiger partial charge is 0.416 e. The first-order valence-electron chi connectivity index (χ1n) is 13.8. The molecule has 0 radical (unpaired) electrons. The predicted octanol–water partition coefficient (Wildman–Crippen LogP) is 9.36. The van der Waals surface area contributed by atoms with Gasteiger partial charge in [0, 0.05) is 39.5 Å². The van der Waals surface area contributed by atoms with Gasteiger partial charge < -0.3 is 0 Å². The molecule has 13 heteroatoms. The summed E-state index contributed by atoms with van der Waals surface area (Å²) >= 11 is 0. The average Bonchev–Trinajstić information content (AvgIpc) is 3.50. The van der Waals surface area contributed by atoms with Crippen LogP contribution in [0.3, 0.4) is 0 Å². The molecule has 0 unspecified atom stereocenters. The molecule has 1 aromatic heterocycles. The maximum atomic E-state index is 14.9. The number of aromatic nitrogens is 2. The van der Waals surface area contributed by atoms with Crippen molar-refractivity contribution in [3.63, 3.8) is 0 Å². The summed E-state index contributed by atoms with van der Waals surface area (Å²) in [6.07, 6.45) is -6.56. The molecule has 7 rings (SSSR count). The number of aliphatic imine (C=N–C) groups is 1. The van der Waals surface area contributed by atoms with E-state index >= 15 is 0 Å². The minimum atomic E-state index is -4.74. The number of fused-ring (bicyclic) bond motifs is 6. The molecule has 0 N–H and O–H groups in total. The lowest BCUT2D eigenvalue weighted by atomic mass is 9.97. The standard InChI is InChI=1S/C35H13F8N5/c36-27-13-18(34(38,39)40)3-7-20(27)16-1-5-22-25(11-16)24(9-10-44)31-30(22)48-33-29(46-15-45)26-12-17(2-6-23(26)32(33)47-31)21-8-4-19(14-28(21)37)35(41,42)43/h1-9,11-14H/b24-9+,46-29?. The van der Waals surface area contributed by atoms with Crippen molar-refractivity contribution in [2.75, 3.05) is 0 Å². The molecule has 0 atom stereocenters. The molecule has 0 saturated heterocycles. The van der Waals surface area contributed by atoms with E-state index in [-0.39, 0.29) is 50.7 Å². The van der Waals surface area contributed by atoms with Crippen LogP contribution in [0.25, 0.3) is 50.3 Å². The van der Waals surface area contributed by atoms with Crippen LogP contribution < -0.4 is 0 Å². The van der Waals surface area contributed by atoms with Gasteiger partial charge in [0.15, 0.2) is 0 Å². The lowest BCUT2D eigenvalue weighted by Gasteiger charge is -2.11. The summed E-state index contributed by atoms with van der Waals surface area (Å²) in [6, 6.07) is 15.4. The molecule has 0 saturated carbocycles. The summed E-state index contributed by atoms with van der Waals surface area (Å²) in [5, 5.41) is 19.1. The molecular formula is C35H13F8N5. The van der Waals surface area contributed by atoms with Crippen molar-refractivity contribution in [2.45, 2.75) is 12.4 Å². The maximum Gasteiger partial charge on any atom is 0.416 e. The minimum absolute atomic E-state index is 0.0784. The van der Waals surface area contributed by atoms with Crippen LogP contribution in [0.5, 0.6) is 0 Å². The van der Waals surface area contributed by atoms with Crippen molar-refractivity contribution in [1.82, 2.24) is 9.97 Å². The van der Waals surface area contributed by atoms with E-state index in [1.54, 1.807) is 18.3 Å². The molecule has 1 heterocycles. The second-order valence-corrected chi connectivity index (χ2v) is 10.8. The molecule has 0 fully saturated rings. The van der Waals surface area contributed by atoms with E-state index in [0.29, 0.717) is 40.0 Å². The van der Waals surface area contributed by atoms with Crippen molar-refractivity contribution < 1.29 is 35.1 Å². The zero-order valence-electron chi connectivity index (χ0n) is 23.8. The van der Waals surface area contributed by atoms with Crippen molar-refractivity contribution in [1.29, 1.82) is 10.5 Å². The van der Waals surface area contributed by atoms with Crippen LogP contribution in [0.15, 0.2) is 83.9 Å². The molecule has 4 aromatic carbocycles. The molecule has 5 aromatic rings. The van der Waals surface area contributed by atoms with Gasteiger partial charge in [-0.15, -0.1) is 0 Å². The number of halogens is 8. The quantitative estimate of drug-likeness (QED) is 0.106. The molecule has 2 aliphatic carbocycles. The first kappa shape index (κ1) is 30.4. The molecule has 0 aliphatic heterocycles. The number of benzene rings is 4. The number of hydrogen-bond acceptors (Lipinski definition) is 5. The van der Waals surface area contributed by atoms with E-state index < -0.39 is 35.1 Å². The van der Waals surface area contributed by atoms with Crippen LogP contribution in [-0.2, 0) is 12.4 Å². The fourth-order valence-corrected chi connectivity index (χ4v) is 5.90. The Kier molecular flexibility index (Phi) is 6.77. The first-order valence-corrected chi connectivity index (χ1v) is 13.8. The molecule has 0 bridgehead atoms. The molecule has 0 spiro atoms. The molecule has 48 heavy (non-hydrogen) atoms. The molecule has 0 amide bonds. The third kappa shape index (κ3) is 4.79. The van der Waals surface area contributed by atoms with Gasteiger partial charge in [-0.1, -0.05) is 36.4 Å². The van der Waals surface area contributed by atoms with Crippen LogP contribution in [0.2, 0.25) is 0 Å². The van der Waals surface area contributed by atoms with Crippen molar-refractivity contribution in [3.8, 4) is 57.0 Å². The fourth-order valence-electron chi connectivity index (χ4n) is 5.90. The van der Waals surface area contributed by atoms with E-state index in [0.717, 1.165) is 24.3 Å². The normalized spacial score (nSPS) is 14.7. The predicted molar refractivity (Wildman–Crippen MR) is 158 cm³/mol. The fraction of sp³-hybridized carbons (Fsp3) is 0.0571. The van der Waals surface area contributed by atoms with Gasteiger partial charge >= 0.3 is 12.4 Å². The topological polar surface area (TPSA) is 85.7 Å². The Balaban J connectivity index is 1.34. The highest BCUT2D eigenvalue weighted by Crippen LogP contribution is 2.48. The second-order valence-electron chi connectivity index (χ2n) is 10.8. The summed E-state index contributed by atoms with van der Waals surface area (Å²) in [6.45, 7) is 0. The van der Waals surface area contributed by atoms with E-state index in [4.69, 9.17) is 9.97 Å². The summed E-state index contributed by atoms with van der Waals surface area (Å²) in [7, 11) is 0. The maximum absolute atomic E-state index is 14.9. The number of allylic oxidation sites excluding steroid dienone is 1. The van der Waals surface area contributed by atoms with Crippen molar-refractivity contribution in [2.24, 2.45) is 4.99 Å². The minimum Gasteiger partial charge on any atom is -0.243 e. The highest BCUT2D eigenvalue weighted by molar-refractivity contribution is 6.24. The summed E-state index contributed by atoms with van der Waals surface area (Å²) < 4.78 is 108. The van der Waals surface area contributed by atoms with Gasteiger partial charge in [-0.3, -0.25) is 0 Å². The van der Waals surface area contributed by atoms with E-state index in [9.17, 15) is 45.6 Å². The smallest absolute Gasteiger partial charge is 0.243 e. The van der Waals surface area contributed by atoms with Gasteiger partial charge in [-0.2, -0.15) is 41.9 Å². The van der Waals surface area contributed by atoms with Gasteiger partial charge in [0.1, 0.15) is 23.0 Å². The summed E-state index contributed by atoms with van der Waals surface area (Å²) in [4.78, 5) is 13.4. The van der Waals surface area contributed by atoms with E-state index in [1.807, 2.05) is 6.07 Å². The molecule has 234 valence electrons. The third-order valence-electron chi connectivity index (χ3n) is 8.06. The van der Waals surface area contributed by atoms with Crippen molar-refractivity contribution in [3.05, 3.63) is 124 Å². The zero-order chi connectivity index (χ0) is 34.1. The monoisotopic (exact) mass is 655 g/mol. The Morgan fingerprint density at radius 1 is 0.562 bits per heavy atom. The van der Waals surface area contributed by atoms with Crippen LogP contribution in [0.4, 0.5) is 35.1 Å². The number of hydrogen-bond donors (Lipinski definition) is 0. The van der Waals surface area contributed by atoms with Gasteiger partial charge in [-0.05, 0) is 53.1 Å². The summed E-state index contributed by atoms with van der Waals surface area (Å²) in [5.41, 5.74) is 0.977. The molecule has 5 nitrogen and oxygen atoms in total. The van der Waals surface area contributed by atoms with Crippen LogP contribution in [0, 0.1) is 34.4 Å². The highest BCUT2D eigenvalue weighted by Gasteiger charge is 2.36. The first-order chi connectivity index (χ1) is 22.8. The molecular weight excluding hydrogens is 642 g/mol. The Bertz CT molecular complexity index is 2210. The number of nitriles is 2. The van der Waals surface area contributed by atoms with E-state index in [1.165, 1.54) is 30.3 Å². The average molecular weight is 656 g/mol. The van der Waals surface area contributed by atoms with Crippen molar-refractivity contribution >= 4 is 11.3 Å². The van der Waals surface area contributed by atoms with Crippen LogP contribution in [-0.4, -0.2) is 15.7 Å². The Hall–Kier alpha value is -6.21. The number of nitrogens with zero attached hydrogens (tertiary/aromatic N) is 5. The second kappa shape index (κ2) is 10.7. The van der Waals surface area contributed by atoms with Gasteiger partial charge in [-0.25, -0.2) is 18.7 Å². The van der Waals surface area contributed by atoms with Gasteiger partial charge in [0.05, 0.1) is 34.3 Å².